The minimum absolute atomic E-state index is 0.162. The summed E-state index contributed by atoms with van der Waals surface area (Å²) >= 11 is 0. The number of anilines is 1. The number of aryl methyl sites for hydroxylation is 2. The second-order valence-electron chi connectivity index (χ2n) is 8.45. The fraction of sp³-hybridized carbons (Fsp3) is 0.320. The molecule has 172 valence electrons. The van der Waals surface area contributed by atoms with E-state index in [1.54, 1.807) is 11.8 Å². The average Bonchev–Trinajstić information content (AvgIpc) is 3.11. The van der Waals surface area contributed by atoms with Gasteiger partial charge in [0.25, 0.3) is 5.91 Å². The van der Waals surface area contributed by atoms with E-state index in [1.165, 1.54) is 29.2 Å². The van der Waals surface area contributed by atoms with Gasteiger partial charge in [0.2, 0.25) is 5.91 Å². The van der Waals surface area contributed by atoms with Gasteiger partial charge in [-0.15, -0.1) is 0 Å². The van der Waals surface area contributed by atoms with Crippen molar-refractivity contribution in [1.82, 2.24) is 15.1 Å². The molecule has 0 spiro atoms. The Bertz CT molecular complexity index is 1160. The lowest BCUT2D eigenvalue weighted by Crippen LogP contribution is -2.47. The molecule has 2 N–H and O–H groups in total. The summed E-state index contributed by atoms with van der Waals surface area (Å²) in [4.78, 5) is 42.3. The predicted octanol–water partition coefficient (Wildman–Crippen LogP) is 3.65. The number of urea groups is 1. The van der Waals surface area contributed by atoms with Crippen LogP contribution in [0, 0.1) is 19.7 Å². The largest absolute Gasteiger partial charge is 0.326 e. The third-order valence-corrected chi connectivity index (χ3v) is 6.26. The van der Waals surface area contributed by atoms with Crippen molar-refractivity contribution in [2.45, 2.75) is 39.8 Å². The number of rotatable bonds is 5. The van der Waals surface area contributed by atoms with Crippen LogP contribution in [0.3, 0.4) is 0 Å². The van der Waals surface area contributed by atoms with Gasteiger partial charge in [-0.1, -0.05) is 23.8 Å². The molecule has 4 amide bonds. The number of amides is 4. The van der Waals surface area contributed by atoms with E-state index >= 15 is 0 Å². The Morgan fingerprint density at radius 2 is 1.88 bits per heavy atom. The minimum Gasteiger partial charge on any atom is -0.326 e. The van der Waals surface area contributed by atoms with Gasteiger partial charge in [0.05, 0.1) is 23.9 Å². The van der Waals surface area contributed by atoms with Gasteiger partial charge in [-0.05, 0) is 63.1 Å². The summed E-state index contributed by atoms with van der Waals surface area (Å²) in [6, 6.07) is 9.71. The van der Waals surface area contributed by atoms with Crippen LogP contribution in [-0.2, 0) is 9.59 Å². The van der Waals surface area contributed by atoms with E-state index < -0.39 is 17.9 Å². The first-order chi connectivity index (χ1) is 15.7. The molecule has 0 aromatic heterocycles. The maximum absolute atomic E-state index is 13.6. The van der Waals surface area contributed by atoms with Crippen molar-refractivity contribution in [2.75, 3.05) is 18.4 Å². The zero-order valence-electron chi connectivity index (χ0n) is 19.1. The fourth-order valence-corrected chi connectivity index (χ4v) is 4.46. The van der Waals surface area contributed by atoms with E-state index in [2.05, 4.69) is 10.6 Å². The van der Waals surface area contributed by atoms with Gasteiger partial charge in [0.15, 0.2) is 0 Å². The van der Waals surface area contributed by atoms with Gasteiger partial charge in [-0.3, -0.25) is 14.5 Å². The molecular formula is C25H27FN4O3. The highest BCUT2D eigenvalue weighted by Gasteiger charge is 2.46. The van der Waals surface area contributed by atoms with Gasteiger partial charge in [0, 0.05) is 12.2 Å². The summed E-state index contributed by atoms with van der Waals surface area (Å²) in [5.74, 6) is -1.07. The second kappa shape index (κ2) is 8.69. The van der Waals surface area contributed by atoms with Gasteiger partial charge in [-0.2, -0.15) is 0 Å². The summed E-state index contributed by atoms with van der Waals surface area (Å²) in [5.41, 5.74) is 4.48. The second-order valence-corrected chi connectivity index (χ2v) is 8.45. The molecule has 2 heterocycles. The average molecular weight is 451 g/mol. The summed E-state index contributed by atoms with van der Waals surface area (Å²) in [6.45, 7) is 8.00. The SMILES string of the molecule is CCN1C(=O)N[C@H](c2ccc(C)cc2C)C2=C1CN([C@H](C)C(=O)Nc1ccc(F)cc1)C2=O. The quantitative estimate of drug-likeness (QED) is 0.730. The molecule has 2 aliphatic rings. The Morgan fingerprint density at radius 1 is 1.18 bits per heavy atom. The first kappa shape index (κ1) is 22.5. The Hall–Kier alpha value is -3.68. The zero-order chi connectivity index (χ0) is 23.9. The molecule has 2 aromatic carbocycles. The lowest BCUT2D eigenvalue weighted by atomic mass is 9.91. The van der Waals surface area contributed by atoms with Crippen molar-refractivity contribution in [1.29, 1.82) is 0 Å². The number of nitrogens with one attached hydrogen (secondary N) is 2. The van der Waals surface area contributed by atoms with Crippen LogP contribution in [0.1, 0.15) is 36.6 Å². The number of carbonyl (C=O) groups excluding carboxylic acids is 3. The summed E-state index contributed by atoms with van der Waals surface area (Å²) < 4.78 is 13.2. The predicted molar refractivity (Wildman–Crippen MR) is 123 cm³/mol. The van der Waals surface area contributed by atoms with Crippen molar-refractivity contribution < 1.29 is 18.8 Å². The molecule has 0 radical (unpaired) electrons. The highest BCUT2D eigenvalue weighted by Crippen LogP contribution is 2.38. The number of halogens is 1. The summed E-state index contributed by atoms with van der Waals surface area (Å²) in [7, 11) is 0. The van der Waals surface area contributed by atoms with Crippen LogP contribution in [0.25, 0.3) is 0 Å². The molecule has 33 heavy (non-hydrogen) atoms. The molecule has 0 bridgehead atoms. The van der Waals surface area contributed by atoms with Crippen molar-refractivity contribution >= 4 is 23.5 Å². The topological polar surface area (TPSA) is 81.8 Å². The van der Waals surface area contributed by atoms with Crippen molar-refractivity contribution in [2.24, 2.45) is 0 Å². The molecule has 0 unspecified atom stereocenters. The number of carbonyl (C=O) groups is 3. The number of nitrogens with zero attached hydrogens (tertiary/aromatic N) is 2. The normalized spacial score (nSPS) is 18.9. The van der Waals surface area contributed by atoms with Crippen LogP contribution in [0.4, 0.5) is 14.9 Å². The van der Waals surface area contributed by atoms with Crippen molar-refractivity contribution in [3.05, 3.63) is 76.2 Å². The van der Waals surface area contributed by atoms with Crippen LogP contribution in [0.5, 0.6) is 0 Å². The maximum atomic E-state index is 13.6. The van der Waals surface area contributed by atoms with Gasteiger partial charge in [0.1, 0.15) is 11.9 Å². The van der Waals surface area contributed by atoms with E-state index in [1.807, 2.05) is 39.0 Å². The molecule has 8 heteroatoms. The Morgan fingerprint density at radius 3 is 2.52 bits per heavy atom. The lowest BCUT2D eigenvalue weighted by molar-refractivity contribution is -0.133. The molecule has 2 aromatic rings. The molecule has 2 atom stereocenters. The van der Waals surface area contributed by atoms with E-state index in [-0.39, 0.29) is 24.4 Å². The highest BCUT2D eigenvalue weighted by atomic mass is 19.1. The van der Waals surface area contributed by atoms with E-state index in [0.29, 0.717) is 23.5 Å². The van der Waals surface area contributed by atoms with Crippen molar-refractivity contribution in [3.63, 3.8) is 0 Å². The van der Waals surface area contributed by atoms with Crippen LogP contribution in [0.2, 0.25) is 0 Å². The number of likely N-dealkylation sites (N-methyl/N-ethyl adjacent to an activating group) is 1. The molecule has 4 rings (SSSR count). The van der Waals surface area contributed by atoms with Crippen LogP contribution < -0.4 is 10.6 Å². The van der Waals surface area contributed by atoms with Crippen molar-refractivity contribution in [3.8, 4) is 0 Å². The maximum Gasteiger partial charge on any atom is 0.322 e. The number of hydrogen-bond donors (Lipinski definition) is 2. The highest BCUT2D eigenvalue weighted by molar-refractivity contribution is 6.05. The zero-order valence-corrected chi connectivity index (χ0v) is 19.1. The number of hydrogen-bond acceptors (Lipinski definition) is 3. The summed E-state index contributed by atoms with van der Waals surface area (Å²) in [6.07, 6.45) is 0. The van der Waals surface area contributed by atoms with Crippen LogP contribution in [0.15, 0.2) is 53.7 Å². The van der Waals surface area contributed by atoms with E-state index in [0.717, 1.165) is 16.7 Å². The molecular weight excluding hydrogens is 423 g/mol. The minimum atomic E-state index is -0.790. The fourth-order valence-electron chi connectivity index (χ4n) is 4.46. The molecule has 0 aliphatic carbocycles. The third kappa shape index (κ3) is 4.08. The van der Waals surface area contributed by atoms with Gasteiger partial charge < -0.3 is 15.5 Å². The standard InChI is InChI=1S/C25H27FN4O3/c1-5-29-20-13-30(16(4)23(31)27-18-9-7-17(26)8-10-18)24(32)21(20)22(28-25(29)33)19-11-6-14(2)12-15(19)3/h6-12,16,22H,5,13H2,1-4H3,(H,27,31)(H,28,33)/t16-,22-/m1/s1. The molecule has 7 nitrogen and oxygen atoms in total. The van der Waals surface area contributed by atoms with E-state index in [9.17, 15) is 18.8 Å². The molecule has 2 aliphatic heterocycles. The third-order valence-electron chi connectivity index (χ3n) is 6.26. The molecule has 0 saturated heterocycles. The summed E-state index contributed by atoms with van der Waals surface area (Å²) in [5, 5.41) is 5.70. The van der Waals surface area contributed by atoms with Gasteiger partial charge >= 0.3 is 6.03 Å². The monoisotopic (exact) mass is 450 g/mol. The van der Waals surface area contributed by atoms with E-state index in [4.69, 9.17) is 0 Å². The molecule has 0 fully saturated rings. The van der Waals surface area contributed by atoms with Crippen LogP contribution >= 0.6 is 0 Å². The molecule has 0 saturated carbocycles. The Kier molecular flexibility index (Phi) is 5.93. The lowest BCUT2D eigenvalue weighted by Gasteiger charge is -2.33. The Labute approximate surface area is 192 Å². The number of benzene rings is 2. The first-order valence-electron chi connectivity index (χ1n) is 11.0. The Balaban J connectivity index is 1.63. The first-order valence-corrected chi connectivity index (χ1v) is 11.0. The van der Waals surface area contributed by atoms with Gasteiger partial charge in [-0.25, -0.2) is 9.18 Å². The smallest absolute Gasteiger partial charge is 0.322 e. The van der Waals surface area contributed by atoms with Crippen LogP contribution in [-0.4, -0.2) is 46.8 Å².